The lowest BCUT2D eigenvalue weighted by Gasteiger charge is -2.52. The maximum Gasteiger partial charge on any atom is 0.264 e. The maximum absolute atomic E-state index is 12.6. The van der Waals surface area contributed by atoms with Crippen molar-refractivity contribution in [2.24, 2.45) is 5.92 Å². The molecule has 0 unspecified atom stereocenters. The molecule has 0 aliphatic carbocycles. The molecule has 0 aromatic heterocycles. The van der Waals surface area contributed by atoms with Gasteiger partial charge in [-0.1, -0.05) is 19.9 Å². The van der Waals surface area contributed by atoms with Crippen molar-refractivity contribution in [2.45, 2.75) is 57.3 Å². The average molecular weight is 349 g/mol. The van der Waals surface area contributed by atoms with Gasteiger partial charge in [-0.2, -0.15) is 5.26 Å². The van der Waals surface area contributed by atoms with Crippen molar-refractivity contribution in [1.29, 1.82) is 5.26 Å². The molecule has 2 aliphatic rings. The van der Waals surface area contributed by atoms with Crippen LogP contribution in [0.2, 0.25) is 0 Å². The quantitative estimate of drug-likeness (QED) is 0.618. The molecule has 2 rings (SSSR count). The molecule has 2 saturated heterocycles. The van der Waals surface area contributed by atoms with Crippen molar-refractivity contribution < 1.29 is 14.6 Å². The molecule has 0 bridgehead atoms. The van der Waals surface area contributed by atoms with E-state index in [4.69, 9.17) is 4.74 Å². The van der Waals surface area contributed by atoms with Crippen LogP contribution in [0.25, 0.3) is 0 Å². The second-order valence-electron chi connectivity index (χ2n) is 8.24. The first-order valence-electron chi connectivity index (χ1n) is 9.04. The Kier molecular flexibility index (Phi) is 5.93. The highest BCUT2D eigenvalue weighted by atomic mass is 16.5. The number of carbonyl (C=O) groups is 1. The Bertz CT molecular complexity index is 567. The van der Waals surface area contributed by atoms with Gasteiger partial charge in [0.15, 0.2) is 0 Å². The van der Waals surface area contributed by atoms with E-state index in [1.807, 2.05) is 40.9 Å². The monoisotopic (exact) mass is 349 g/mol. The molecule has 1 amide bonds. The van der Waals surface area contributed by atoms with E-state index in [1.165, 1.54) is 0 Å². The Labute approximate surface area is 151 Å². The van der Waals surface area contributed by atoms with E-state index in [-0.39, 0.29) is 29.0 Å². The molecule has 1 spiro atoms. The van der Waals surface area contributed by atoms with Crippen LogP contribution in [-0.4, -0.2) is 71.8 Å². The largest absolute Gasteiger partial charge is 0.386 e. The smallest absolute Gasteiger partial charge is 0.264 e. The van der Waals surface area contributed by atoms with Crippen molar-refractivity contribution in [2.75, 3.05) is 33.8 Å². The molecule has 0 aromatic carbocycles. The molecule has 2 heterocycles. The molecule has 0 aromatic rings. The highest BCUT2D eigenvalue weighted by Gasteiger charge is 2.49. The number of piperidine rings is 1. The SMILES string of the molecule is CC(C)/C=C(\C#N)C(=O)N1CCC2(CC1)C[C@H](N(C)C)[C@@](C)(O)CO2. The van der Waals surface area contributed by atoms with E-state index < -0.39 is 5.60 Å². The van der Waals surface area contributed by atoms with Crippen molar-refractivity contribution in [3.63, 3.8) is 0 Å². The number of nitriles is 1. The average Bonchev–Trinajstić information content (AvgIpc) is 2.55. The fourth-order valence-corrected chi connectivity index (χ4v) is 3.89. The molecule has 1 N–H and O–H groups in total. The minimum atomic E-state index is -0.865. The van der Waals surface area contributed by atoms with Crippen LogP contribution in [0.1, 0.15) is 40.0 Å². The van der Waals surface area contributed by atoms with Crippen LogP contribution in [0.15, 0.2) is 11.6 Å². The second kappa shape index (κ2) is 7.45. The van der Waals surface area contributed by atoms with Gasteiger partial charge in [-0.25, -0.2) is 0 Å². The minimum Gasteiger partial charge on any atom is -0.386 e. The van der Waals surface area contributed by atoms with Crippen molar-refractivity contribution in [1.82, 2.24) is 9.80 Å². The summed E-state index contributed by atoms with van der Waals surface area (Å²) in [6.07, 6.45) is 3.95. The number of hydrogen-bond acceptors (Lipinski definition) is 5. The summed E-state index contributed by atoms with van der Waals surface area (Å²) in [6, 6.07) is 2.06. The summed E-state index contributed by atoms with van der Waals surface area (Å²) in [5.74, 6) is -0.0162. The summed E-state index contributed by atoms with van der Waals surface area (Å²) in [5.41, 5.74) is -0.928. The zero-order valence-electron chi connectivity index (χ0n) is 16.1. The Morgan fingerprint density at radius 2 is 2.00 bits per heavy atom. The third kappa shape index (κ3) is 4.41. The van der Waals surface area contributed by atoms with E-state index >= 15 is 0 Å². The summed E-state index contributed by atoms with van der Waals surface area (Å²) >= 11 is 0. The first-order valence-corrected chi connectivity index (χ1v) is 9.04. The van der Waals surface area contributed by atoms with Crippen LogP contribution in [0.5, 0.6) is 0 Å². The molecule has 2 atom stereocenters. The number of hydrogen-bond donors (Lipinski definition) is 1. The number of ether oxygens (including phenoxy) is 1. The van der Waals surface area contributed by atoms with Crippen molar-refractivity contribution in [3.05, 3.63) is 11.6 Å². The van der Waals surface area contributed by atoms with Crippen LogP contribution < -0.4 is 0 Å². The molecule has 2 fully saturated rings. The number of allylic oxidation sites excluding steroid dienone is 1. The summed E-state index contributed by atoms with van der Waals surface area (Å²) in [7, 11) is 3.96. The number of likely N-dealkylation sites (tertiary alicyclic amines) is 1. The van der Waals surface area contributed by atoms with Gasteiger partial charge in [0, 0.05) is 19.1 Å². The van der Waals surface area contributed by atoms with E-state index in [2.05, 4.69) is 4.90 Å². The van der Waals surface area contributed by atoms with Crippen LogP contribution >= 0.6 is 0 Å². The summed E-state index contributed by atoms with van der Waals surface area (Å²) in [5, 5.41) is 19.8. The molecular weight excluding hydrogens is 318 g/mol. The fraction of sp³-hybridized carbons (Fsp3) is 0.789. The molecule has 0 saturated carbocycles. The molecule has 0 radical (unpaired) electrons. The van der Waals surface area contributed by atoms with Gasteiger partial charge in [0.25, 0.3) is 5.91 Å². The van der Waals surface area contributed by atoms with E-state index in [1.54, 1.807) is 11.0 Å². The molecule has 6 nitrogen and oxygen atoms in total. The zero-order chi connectivity index (χ0) is 18.8. The standard InChI is InChI=1S/C19H31N3O3/c1-14(2)10-15(12-20)17(23)22-8-6-19(7-9-22)11-16(21(4)5)18(3,24)13-25-19/h10,14,16,24H,6-9,11,13H2,1-5H3/b15-10+/t16-,18-/m0/s1. The highest BCUT2D eigenvalue weighted by Crippen LogP contribution is 2.39. The van der Waals surface area contributed by atoms with Gasteiger partial charge in [-0.3, -0.25) is 4.79 Å². The molecule has 25 heavy (non-hydrogen) atoms. The zero-order valence-corrected chi connectivity index (χ0v) is 16.1. The first-order chi connectivity index (χ1) is 11.6. The number of rotatable bonds is 3. The Balaban J connectivity index is 2.04. The number of likely N-dealkylation sites (N-methyl/N-ethyl adjacent to an activating group) is 1. The van der Waals surface area contributed by atoms with Gasteiger partial charge in [-0.15, -0.1) is 0 Å². The third-order valence-corrected chi connectivity index (χ3v) is 5.39. The summed E-state index contributed by atoms with van der Waals surface area (Å²) in [6.45, 7) is 7.20. The minimum absolute atomic E-state index is 0.0269. The van der Waals surface area contributed by atoms with Gasteiger partial charge in [0.2, 0.25) is 0 Å². The predicted molar refractivity (Wildman–Crippen MR) is 95.7 cm³/mol. The van der Waals surface area contributed by atoms with Crippen LogP contribution in [-0.2, 0) is 9.53 Å². The van der Waals surface area contributed by atoms with Crippen LogP contribution in [0.3, 0.4) is 0 Å². The number of carbonyl (C=O) groups excluding carboxylic acids is 1. The second-order valence-corrected chi connectivity index (χ2v) is 8.24. The summed E-state index contributed by atoms with van der Waals surface area (Å²) in [4.78, 5) is 16.4. The van der Waals surface area contributed by atoms with Gasteiger partial charge in [0.05, 0.1) is 12.2 Å². The van der Waals surface area contributed by atoms with E-state index in [9.17, 15) is 15.2 Å². The first kappa shape index (κ1) is 19.9. The third-order valence-electron chi connectivity index (χ3n) is 5.39. The number of aliphatic hydroxyl groups is 1. The lowest BCUT2D eigenvalue weighted by atomic mass is 9.77. The Hall–Kier alpha value is -1.42. The van der Waals surface area contributed by atoms with Crippen molar-refractivity contribution >= 4 is 5.91 Å². The molecular formula is C19H31N3O3. The van der Waals surface area contributed by atoms with Gasteiger partial charge in [0.1, 0.15) is 17.2 Å². The molecule has 2 aliphatic heterocycles. The Morgan fingerprint density at radius 1 is 1.40 bits per heavy atom. The lowest BCUT2D eigenvalue weighted by Crippen LogP contribution is -2.63. The van der Waals surface area contributed by atoms with E-state index in [0.29, 0.717) is 19.7 Å². The predicted octanol–water partition coefficient (Wildman–Crippen LogP) is 1.56. The molecule has 140 valence electrons. The fourth-order valence-electron chi connectivity index (χ4n) is 3.89. The summed E-state index contributed by atoms with van der Waals surface area (Å²) < 4.78 is 6.09. The topological polar surface area (TPSA) is 76.8 Å². The van der Waals surface area contributed by atoms with Crippen LogP contribution in [0, 0.1) is 17.2 Å². The normalized spacial score (nSPS) is 30.0. The van der Waals surface area contributed by atoms with Crippen molar-refractivity contribution in [3.8, 4) is 6.07 Å². The maximum atomic E-state index is 12.6. The lowest BCUT2D eigenvalue weighted by molar-refractivity contribution is -0.206. The van der Waals surface area contributed by atoms with Crippen LogP contribution in [0.4, 0.5) is 0 Å². The number of nitrogens with zero attached hydrogens (tertiary/aromatic N) is 3. The van der Waals surface area contributed by atoms with E-state index in [0.717, 1.165) is 19.3 Å². The van der Waals surface area contributed by atoms with Gasteiger partial charge >= 0.3 is 0 Å². The highest BCUT2D eigenvalue weighted by molar-refractivity contribution is 5.97. The van der Waals surface area contributed by atoms with Gasteiger partial charge < -0.3 is 19.6 Å². The Morgan fingerprint density at radius 3 is 2.48 bits per heavy atom. The van der Waals surface area contributed by atoms with Gasteiger partial charge in [-0.05, 0) is 46.2 Å². The number of amides is 1. The molecule has 6 heteroatoms.